The molecule has 4 aromatic carbocycles. The molecule has 0 aliphatic carbocycles. The number of hydrogen-bond acceptors (Lipinski definition) is 9. The minimum atomic E-state index is -4.74. The summed E-state index contributed by atoms with van der Waals surface area (Å²) in [6.45, 7) is 3.55. The van der Waals surface area contributed by atoms with Crippen LogP contribution in [0.2, 0.25) is 0 Å². The molecule has 0 saturated heterocycles. The number of anilines is 1. The van der Waals surface area contributed by atoms with Crippen molar-refractivity contribution in [3.05, 3.63) is 126 Å². The Bertz CT molecular complexity index is 2100. The summed E-state index contributed by atoms with van der Waals surface area (Å²) in [4.78, 5) is 6.67. The first-order valence-electron chi connectivity index (χ1n) is 13.4. The first-order valence-corrected chi connectivity index (χ1v) is 16.2. The van der Waals surface area contributed by atoms with Gasteiger partial charge in [0.05, 0.1) is 15.4 Å². The minimum absolute atomic E-state index is 0.0598. The molecule has 6 rings (SSSR count). The quantitative estimate of drug-likeness (QED) is 0.220. The van der Waals surface area contributed by atoms with Crippen molar-refractivity contribution in [1.29, 1.82) is 0 Å². The Morgan fingerprint density at radius 2 is 0.978 bits per heavy atom. The molecule has 2 heterocycles. The second kappa shape index (κ2) is 11.8. The van der Waals surface area contributed by atoms with Crippen molar-refractivity contribution in [2.75, 3.05) is 3.71 Å². The van der Waals surface area contributed by atoms with Crippen molar-refractivity contribution in [1.82, 2.24) is 30.6 Å². The van der Waals surface area contributed by atoms with Gasteiger partial charge in [0.25, 0.3) is 26.0 Å². The zero-order chi connectivity index (χ0) is 31.6. The van der Waals surface area contributed by atoms with E-state index in [1.807, 2.05) is 60.7 Å². The molecule has 0 saturated carbocycles. The van der Waals surface area contributed by atoms with Crippen molar-refractivity contribution in [3.8, 4) is 11.4 Å². The van der Waals surface area contributed by atoms with Gasteiger partial charge in [0.2, 0.25) is 5.95 Å². The van der Waals surface area contributed by atoms with Gasteiger partial charge in [0.15, 0.2) is 0 Å². The average Bonchev–Trinajstić information content (AvgIpc) is 3.47. The summed E-state index contributed by atoms with van der Waals surface area (Å²) in [5.41, 5.74) is 2.89. The molecular formula is C29H24N10O4S2. The zero-order valence-corrected chi connectivity index (χ0v) is 25.4. The number of tetrazole rings is 1. The van der Waals surface area contributed by atoms with Crippen LogP contribution < -0.4 is 29.1 Å². The van der Waals surface area contributed by atoms with Crippen LogP contribution in [0.25, 0.3) is 11.4 Å². The zero-order valence-electron chi connectivity index (χ0n) is 23.8. The summed E-state index contributed by atoms with van der Waals surface area (Å²) in [7, 11) is -9.49. The van der Waals surface area contributed by atoms with Gasteiger partial charge < -0.3 is 0 Å². The topological polar surface area (TPSA) is 171 Å². The third-order valence-electron chi connectivity index (χ3n) is 6.42. The van der Waals surface area contributed by atoms with Gasteiger partial charge in [-0.3, -0.25) is 24.8 Å². The van der Waals surface area contributed by atoms with Gasteiger partial charge in [-0.1, -0.05) is 71.8 Å². The number of para-hydroxylation sites is 2. The minimum Gasteiger partial charge on any atom is -0.300 e. The molecule has 0 bridgehead atoms. The molecule has 6 aromatic rings. The van der Waals surface area contributed by atoms with Crippen LogP contribution in [0.15, 0.2) is 124 Å². The molecule has 14 nitrogen and oxygen atoms in total. The van der Waals surface area contributed by atoms with E-state index >= 15 is 0 Å². The van der Waals surface area contributed by atoms with Gasteiger partial charge in [-0.2, -0.15) is 16.8 Å². The maximum Gasteiger partial charge on any atom is 0.292 e. The van der Waals surface area contributed by atoms with Crippen LogP contribution in [0.5, 0.6) is 0 Å². The van der Waals surface area contributed by atoms with E-state index in [1.165, 1.54) is 33.9 Å². The van der Waals surface area contributed by atoms with Gasteiger partial charge in [-0.15, -0.1) is 24.1 Å². The molecule has 0 spiro atoms. The highest BCUT2D eigenvalue weighted by Gasteiger charge is 2.39. The Balaban J connectivity index is 1.44. The number of sulfonamides is 2. The Labute approximate surface area is 258 Å². The highest BCUT2D eigenvalue weighted by Crippen LogP contribution is 2.28. The predicted octanol–water partition coefficient (Wildman–Crippen LogP) is 1.17. The van der Waals surface area contributed by atoms with E-state index in [0.29, 0.717) is 11.4 Å². The molecule has 0 radical (unpaired) electrons. The monoisotopic (exact) mass is 640 g/mol. The summed E-state index contributed by atoms with van der Waals surface area (Å²) in [6, 6.07) is 29.8. The summed E-state index contributed by atoms with van der Waals surface area (Å²) in [5.74, 6) is -1.12. The third-order valence-corrected chi connectivity index (χ3v) is 10.5. The van der Waals surface area contributed by atoms with Crippen molar-refractivity contribution in [2.24, 2.45) is 4.99 Å². The fourth-order valence-electron chi connectivity index (χ4n) is 4.16. The molecule has 0 aliphatic rings. The fourth-order valence-corrected chi connectivity index (χ4v) is 7.63. The second-order valence-electron chi connectivity index (χ2n) is 9.70. The molecular weight excluding hydrogens is 617 g/mol. The van der Waals surface area contributed by atoms with E-state index in [4.69, 9.17) is 0 Å². The van der Waals surface area contributed by atoms with Crippen molar-refractivity contribution >= 4 is 31.9 Å². The first kappa shape index (κ1) is 29.5. The van der Waals surface area contributed by atoms with E-state index in [0.717, 1.165) is 11.1 Å². The first-order chi connectivity index (χ1) is 21.6. The molecule has 0 fully saturated rings. The summed E-state index contributed by atoms with van der Waals surface area (Å²) >= 11 is 0. The lowest BCUT2D eigenvalue weighted by Gasteiger charge is -2.21. The number of benzene rings is 4. The Morgan fingerprint density at radius 1 is 0.578 bits per heavy atom. The molecule has 2 aromatic heterocycles. The molecule has 0 unspecified atom stereocenters. The van der Waals surface area contributed by atoms with Gasteiger partial charge in [0, 0.05) is 11.4 Å². The van der Waals surface area contributed by atoms with E-state index < -0.39 is 26.0 Å². The number of rotatable bonds is 8. The third kappa shape index (κ3) is 5.96. The molecule has 16 heteroatoms. The van der Waals surface area contributed by atoms with E-state index in [2.05, 4.69) is 35.6 Å². The Kier molecular flexibility index (Phi) is 7.74. The highest BCUT2D eigenvalue weighted by atomic mass is 32.3. The number of aryl methyl sites for hydroxylation is 2. The van der Waals surface area contributed by atoms with Crippen LogP contribution in [-0.4, -0.2) is 37.2 Å². The van der Waals surface area contributed by atoms with Gasteiger partial charge in [-0.05, 0) is 62.4 Å². The predicted molar refractivity (Wildman–Crippen MR) is 158 cm³/mol. The van der Waals surface area contributed by atoms with Crippen molar-refractivity contribution < 1.29 is 26.4 Å². The van der Waals surface area contributed by atoms with Gasteiger partial charge in [-0.25, -0.2) is 0 Å². The Hall–Kier alpha value is -5.61. The van der Waals surface area contributed by atoms with Crippen molar-refractivity contribution in [2.45, 2.75) is 23.6 Å². The lowest BCUT2D eigenvalue weighted by molar-refractivity contribution is -1.22. The van der Waals surface area contributed by atoms with Gasteiger partial charge >= 0.3 is 0 Å². The van der Waals surface area contributed by atoms with Crippen molar-refractivity contribution in [3.63, 3.8) is 0 Å². The van der Waals surface area contributed by atoms with E-state index in [1.54, 1.807) is 38.1 Å². The maximum absolute atomic E-state index is 13.8. The van der Waals surface area contributed by atoms with E-state index in [-0.39, 0.29) is 25.1 Å². The summed E-state index contributed by atoms with van der Waals surface area (Å²) in [6.07, 6.45) is 0. The molecule has 0 amide bonds. The van der Waals surface area contributed by atoms with Crippen LogP contribution in [0.3, 0.4) is 0 Å². The van der Waals surface area contributed by atoms with Crippen LogP contribution >= 0.6 is 0 Å². The number of nitrogens with zero attached hydrogens (tertiary/aromatic N) is 10. The van der Waals surface area contributed by atoms with Crippen LogP contribution in [-0.2, 0) is 20.0 Å². The van der Waals surface area contributed by atoms with Crippen LogP contribution in [0, 0.1) is 13.8 Å². The number of hydrogen-bond donors (Lipinski definition) is 0. The Morgan fingerprint density at radius 3 is 1.38 bits per heavy atom. The van der Waals surface area contributed by atoms with Crippen LogP contribution in [0.1, 0.15) is 11.1 Å². The molecule has 226 valence electrons. The SMILES string of the molecule is Cc1ccc(S(=O)(=O)N(c2nnc(N=c3[n-][n+](-c4ccccc4)[n+](-c4ccccc4)[n-]3)nn2)S(=O)(=O)c2ccc(C)cc2)cc1. The van der Waals surface area contributed by atoms with Gasteiger partial charge in [0.1, 0.15) is 0 Å². The lowest BCUT2D eigenvalue weighted by Crippen LogP contribution is -2.66. The fraction of sp³-hybridized carbons (Fsp3) is 0.0690. The summed E-state index contributed by atoms with van der Waals surface area (Å²) in [5, 5.41) is 24.3. The normalized spacial score (nSPS) is 11.7. The molecule has 0 atom stereocenters. The average molecular weight is 641 g/mol. The maximum atomic E-state index is 13.8. The summed E-state index contributed by atoms with van der Waals surface area (Å²) < 4.78 is 55.2. The molecule has 45 heavy (non-hydrogen) atoms. The van der Waals surface area contributed by atoms with E-state index in [9.17, 15) is 16.8 Å². The second-order valence-corrected chi connectivity index (χ2v) is 13.5. The standard InChI is InChI=1S/C29H24N10O4S2/c1-21-13-17-25(18-14-21)44(40,41)39(45(42,43)26-19-15-22(2)16-20-26)29-33-31-27(32-34-29)30-28-35-37(23-9-5-3-6-10-23)38(36-28)24-11-7-4-8-12-24/h3-20H,1-2H3. The molecule has 0 aliphatic heterocycles. The highest BCUT2D eigenvalue weighted by molar-refractivity contribution is 8.10. The number of aromatic nitrogens is 8. The smallest absolute Gasteiger partial charge is 0.292 e. The molecule has 0 N–H and O–H groups in total. The van der Waals surface area contributed by atoms with Crippen LogP contribution in [0.4, 0.5) is 11.9 Å². The largest absolute Gasteiger partial charge is 0.300 e. The lowest BCUT2D eigenvalue weighted by atomic mass is 10.2.